The number of nitrogens with zero attached hydrogens (tertiary/aromatic N) is 2. The Morgan fingerprint density at radius 2 is 1.28 bits per heavy atom. The molecular formula is C57H78N16O13. The van der Waals surface area contributed by atoms with Gasteiger partial charge in [0.05, 0.1) is 12.5 Å². The fourth-order valence-corrected chi connectivity index (χ4v) is 9.49. The Labute approximate surface area is 495 Å². The lowest BCUT2D eigenvalue weighted by Gasteiger charge is -2.29. The van der Waals surface area contributed by atoms with Crippen LogP contribution in [-0.4, -0.2) is 166 Å². The highest BCUT2D eigenvalue weighted by molar-refractivity contribution is 5.99. The number of nitrogens with one attached hydrogen (secondary N) is 11. The van der Waals surface area contributed by atoms with Gasteiger partial charge >= 0.3 is 6.03 Å². The molecule has 0 radical (unpaired) electrons. The van der Waals surface area contributed by atoms with Gasteiger partial charge in [0.2, 0.25) is 53.2 Å². The van der Waals surface area contributed by atoms with E-state index in [0.717, 1.165) is 15.8 Å². The summed E-state index contributed by atoms with van der Waals surface area (Å²) in [7, 11) is 1.48. The molecule has 12 amide bonds. The van der Waals surface area contributed by atoms with Crippen molar-refractivity contribution in [1.82, 2.24) is 63.3 Å². The van der Waals surface area contributed by atoms with Crippen LogP contribution >= 0.6 is 0 Å². The Kier molecular flexibility index (Phi) is 25.2. The second-order valence-electron chi connectivity index (χ2n) is 21.3. The number of likely N-dealkylation sites (tertiary alicyclic amines) is 1. The molecular weight excluding hydrogens is 1120 g/mol. The van der Waals surface area contributed by atoms with Crippen molar-refractivity contribution in [2.75, 3.05) is 20.1 Å². The first kappa shape index (κ1) is 67.0. The monoisotopic (exact) mass is 1190 g/mol. The maximum Gasteiger partial charge on any atom is 0.334 e. The number of hydrogen-bond acceptors (Lipinski definition) is 14. The molecule has 1 aliphatic heterocycles. The predicted molar refractivity (Wildman–Crippen MR) is 314 cm³/mol. The highest BCUT2D eigenvalue weighted by Crippen LogP contribution is 2.23. The van der Waals surface area contributed by atoms with Crippen LogP contribution in [0.1, 0.15) is 76.5 Å². The molecule has 9 atom stereocenters. The van der Waals surface area contributed by atoms with Gasteiger partial charge in [-0.2, -0.15) is 0 Å². The van der Waals surface area contributed by atoms with E-state index < -0.39 is 126 Å². The number of carbonyl (C=O) groups excluding carboxylic acids is 11. The van der Waals surface area contributed by atoms with E-state index >= 15 is 0 Å². The first-order valence-corrected chi connectivity index (χ1v) is 27.9. The van der Waals surface area contributed by atoms with Gasteiger partial charge in [-0.15, -0.1) is 0 Å². The minimum Gasteiger partial charge on any atom is -0.508 e. The van der Waals surface area contributed by atoms with E-state index in [2.05, 4.69) is 63.4 Å². The summed E-state index contributed by atoms with van der Waals surface area (Å²) in [6.07, 6.45) is -0.392. The molecule has 29 heteroatoms. The van der Waals surface area contributed by atoms with Gasteiger partial charge in [-0.25, -0.2) is 10.2 Å². The van der Waals surface area contributed by atoms with Crippen LogP contribution < -0.4 is 70.6 Å². The second-order valence-corrected chi connectivity index (χ2v) is 21.3. The SMILES string of the molecule is CN=C(N)NCCC[C@H](NC(=O)[C@H](CC(C)C)NC(=O)NNC(=O)[C@H](Cc1ccccc1)NC(=O)[C@H](C)NC(=O)[C@H](CC(N)=O)NC(=O)[C@@H]1C[C@@H](O)CN1C(=O)[C@@H](Cc1ccc(O)cc1)NC(C)=O)C(=O)N[C@@H](Cc1c[nH]c2ccccc12)C(N)=O. The van der Waals surface area contributed by atoms with Gasteiger partial charge in [0, 0.05) is 69.8 Å². The predicted octanol–water partition coefficient (Wildman–Crippen LogP) is -2.77. The number of aromatic nitrogens is 1. The molecule has 5 rings (SSSR count). The molecule has 19 N–H and O–H groups in total. The van der Waals surface area contributed by atoms with Crippen LogP contribution in [0.3, 0.4) is 0 Å². The van der Waals surface area contributed by atoms with Crippen LogP contribution in [0.25, 0.3) is 10.9 Å². The molecule has 0 aliphatic carbocycles. The van der Waals surface area contributed by atoms with Gasteiger partial charge in [-0.1, -0.05) is 74.5 Å². The summed E-state index contributed by atoms with van der Waals surface area (Å²) in [4.78, 5) is 156. The number of fused-ring (bicyclic) bond motifs is 1. The van der Waals surface area contributed by atoms with Gasteiger partial charge < -0.3 is 79.8 Å². The third-order valence-corrected chi connectivity index (χ3v) is 13.9. The molecule has 464 valence electrons. The number of H-pyrrole nitrogens is 1. The summed E-state index contributed by atoms with van der Waals surface area (Å²) in [5, 5.41) is 41.8. The quantitative estimate of drug-likeness (QED) is 0.0113. The first-order valence-electron chi connectivity index (χ1n) is 27.9. The van der Waals surface area contributed by atoms with Gasteiger partial charge in [0.25, 0.3) is 5.91 Å². The van der Waals surface area contributed by atoms with E-state index in [1.165, 1.54) is 45.2 Å². The summed E-state index contributed by atoms with van der Waals surface area (Å²) in [5.74, 6) is -8.76. The van der Waals surface area contributed by atoms with E-state index in [-0.39, 0.29) is 75.7 Å². The highest BCUT2D eigenvalue weighted by Gasteiger charge is 2.43. The number of guanidine groups is 1. The van der Waals surface area contributed by atoms with Crippen molar-refractivity contribution in [2.45, 2.75) is 134 Å². The smallest absolute Gasteiger partial charge is 0.334 e. The number of rotatable bonds is 29. The maximum atomic E-state index is 14.1. The van der Waals surface area contributed by atoms with Crippen molar-refractivity contribution in [3.05, 3.63) is 102 Å². The molecule has 29 nitrogen and oxygen atoms in total. The number of benzene rings is 3. The number of amides is 12. The van der Waals surface area contributed by atoms with Gasteiger partial charge in [-0.3, -0.25) is 58.4 Å². The number of hydrazine groups is 1. The molecule has 1 fully saturated rings. The van der Waals surface area contributed by atoms with Crippen LogP contribution in [0.2, 0.25) is 0 Å². The normalized spacial score (nSPS) is 16.4. The molecule has 3 aromatic carbocycles. The molecule has 2 heterocycles. The number of nitrogens with two attached hydrogens (primary N) is 3. The number of carbonyl (C=O) groups is 11. The zero-order valence-electron chi connectivity index (χ0n) is 48.4. The average Bonchev–Trinajstić information content (AvgIpc) is 3.95. The molecule has 0 saturated carbocycles. The van der Waals surface area contributed by atoms with Crippen LogP contribution in [0.15, 0.2) is 90.1 Å². The zero-order chi connectivity index (χ0) is 63.2. The van der Waals surface area contributed by atoms with Crippen LogP contribution in [0, 0.1) is 5.92 Å². The number of aliphatic imine (C=N–C) groups is 1. The third-order valence-electron chi connectivity index (χ3n) is 13.9. The number of primary amides is 2. The number of hydrogen-bond donors (Lipinski definition) is 16. The number of aliphatic hydroxyl groups excluding tert-OH is 1. The van der Waals surface area contributed by atoms with Crippen molar-refractivity contribution in [3.8, 4) is 5.75 Å². The van der Waals surface area contributed by atoms with Crippen LogP contribution in [0.5, 0.6) is 5.75 Å². The van der Waals surface area contributed by atoms with Crippen molar-refractivity contribution >= 4 is 82.0 Å². The highest BCUT2D eigenvalue weighted by atomic mass is 16.3. The lowest BCUT2D eigenvalue weighted by atomic mass is 10.0. The summed E-state index contributed by atoms with van der Waals surface area (Å²) < 4.78 is 0. The molecule has 1 aliphatic rings. The average molecular weight is 1200 g/mol. The lowest BCUT2D eigenvalue weighted by molar-refractivity contribution is -0.142. The Morgan fingerprint density at radius 3 is 1.93 bits per heavy atom. The number of para-hydroxylation sites is 1. The number of aromatic amines is 1. The molecule has 1 aromatic heterocycles. The minimum atomic E-state index is -1.72. The van der Waals surface area contributed by atoms with Gasteiger partial charge in [-0.05, 0) is 67.0 Å². The standard InChI is InChI=1S/C57H78N16O13/c1-30(2)22-42(52(82)66-40(16-11-21-62-56(60)61-5)50(80)67-41(48(59)78)25-35-28-63-39-15-10-9-14-38(35)39)70-57(86)72-71-53(83)43(23-33-12-7-6-8-13-33)68-49(79)31(3)64-51(81)44(27-47(58)77)69-54(84)46-26-37(76)29-73(46)55(85)45(65-32(4)74)24-34-17-19-36(75)20-18-34/h6-10,12-15,17-20,28,30-31,37,40-46,63,75-76H,11,16,21-27,29H2,1-5H3,(H2,58,77)(H2,59,78)(H,64,81)(H,65,74)(H,66,82)(H,67,80)(H,68,79)(H,69,84)(H,71,83)(H3,60,61,62)(H2,70,72,86)/t31-,37+,40-,41-,42-,43-,44-,45+,46-/m0/s1. The Morgan fingerprint density at radius 1 is 0.663 bits per heavy atom. The van der Waals surface area contributed by atoms with E-state index in [0.29, 0.717) is 16.7 Å². The number of β-amino-alcohol motifs (C(OH)–C–C–N with tert-alkyl or cyclic N) is 1. The summed E-state index contributed by atoms with van der Waals surface area (Å²) in [6, 6.07) is 9.55. The number of phenolic OH excluding ortho intramolecular Hbond substituents is 1. The summed E-state index contributed by atoms with van der Waals surface area (Å²) >= 11 is 0. The molecule has 86 heavy (non-hydrogen) atoms. The van der Waals surface area contributed by atoms with Crippen molar-refractivity contribution < 1.29 is 63.0 Å². The van der Waals surface area contributed by atoms with Crippen LogP contribution in [-0.2, 0) is 67.2 Å². The van der Waals surface area contributed by atoms with Crippen molar-refractivity contribution in [3.63, 3.8) is 0 Å². The van der Waals surface area contributed by atoms with E-state index in [9.17, 15) is 63.0 Å². The van der Waals surface area contributed by atoms with Gasteiger partial charge in [0.1, 0.15) is 54.1 Å². The maximum absolute atomic E-state index is 14.1. The molecule has 4 aromatic rings. The third kappa shape index (κ3) is 20.8. The topological polar surface area (TPSA) is 458 Å². The number of phenols is 1. The number of urea groups is 1. The number of aromatic hydroxyl groups is 1. The summed E-state index contributed by atoms with van der Waals surface area (Å²) in [5.41, 5.74) is 24.1. The lowest BCUT2D eigenvalue weighted by Crippen LogP contribution is -2.61. The zero-order valence-corrected chi connectivity index (χ0v) is 48.4. The largest absolute Gasteiger partial charge is 0.508 e. The fourth-order valence-electron chi connectivity index (χ4n) is 9.49. The Bertz CT molecular complexity index is 3080. The Hall–Kier alpha value is -9.80. The van der Waals surface area contributed by atoms with Crippen molar-refractivity contribution in [2.24, 2.45) is 28.1 Å². The first-order chi connectivity index (χ1) is 40.8. The fraction of sp³-hybridized carbons (Fsp3) is 0.439. The molecule has 0 spiro atoms. The Balaban J connectivity index is 1.24. The van der Waals surface area contributed by atoms with E-state index in [4.69, 9.17) is 17.2 Å². The summed E-state index contributed by atoms with van der Waals surface area (Å²) in [6.45, 7) is 5.91. The van der Waals surface area contributed by atoms with E-state index in [1.807, 2.05) is 24.3 Å². The van der Waals surface area contributed by atoms with Crippen molar-refractivity contribution in [1.29, 1.82) is 0 Å². The van der Waals surface area contributed by atoms with Crippen LogP contribution in [0.4, 0.5) is 4.79 Å². The molecule has 0 bridgehead atoms. The minimum absolute atomic E-state index is 0.0287. The molecule has 0 unspecified atom stereocenters. The van der Waals surface area contributed by atoms with E-state index in [1.54, 1.807) is 50.4 Å². The number of aliphatic hydroxyl groups is 1. The van der Waals surface area contributed by atoms with Gasteiger partial charge in [0.15, 0.2) is 5.96 Å². The molecule has 1 saturated heterocycles. The second kappa shape index (κ2) is 32.3.